The van der Waals surface area contributed by atoms with E-state index in [0.29, 0.717) is 19.0 Å². The molecule has 2 unspecified atom stereocenters. The summed E-state index contributed by atoms with van der Waals surface area (Å²) >= 11 is 3.51. The number of fused-ring (bicyclic) bond motifs is 1. The summed E-state index contributed by atoms with van der Waals surface area (Å²) in [6.07, 6.45) is 2.42. The van der Waals surface area contributed by atoms with Crippen molar-refractivity contribution in [3.05, 3.63) is 28.2 Å². The summed E-state index contributed by atoms with van der Waals surface area (Å²) < 4.78 is 18.9. The van der Waals surface area contributed by atoms with Gasteiger partial charge < -0.3 is 25.3 Å². The molecule has 2 aliphatic rings. The van der Waals surface area contributed by atoms with E-state index in [9.17, 15) is 0 Å². The molecule has 0 saturated carbocycles. The molecule has 23 heavy (non-hydrogen) atoms. The first-order valence-electron chi connectivity index (χ1n) is 7.68. The van der Waals surface area contributed by atoms with Gasteiger partial charge in [-0.2, -0.15) is 0 Å². The summed E-state index contributed by atoms with van der Waals surface area (Å²) in [6, 6.07) is 5.86. The minimum atomic E-state index is -0.898. The van der Waals surface area contributed by atoms with E-state index in [1.165, 1.54) is 0 Å². The molecule has 2 aliphatic heterocycles. The first-order valence-corrected chi connectivity index (χ1v) is 8.47. The lowest BCUT2D eigenvalue weighted by Gasteiger charge is -2.47. The number of halogens is 1. The average Bonchev–Trinajstić information content (AvgIpc) is 2.56. The van der Waals surface area contributed by atoms with Crippen LogP contribution in [0.3, 0.4) is 0 Å². The highest BCUT2D eigenvalue weighted by Gasteiger charge is 2.51. The van der Waals surface area contributed by atoms with Crippen LogP contribution in [0.15, 0.2) is 27.7 Å². The second-order valence-electron chi connectivity index (χ2n) is 5.99. The van der Waals surface area contributed by atoms with E-state index in [4.69, 9.17) is 19.9 Å². The molecule has 0 aromatic heterocycles. The van der Waals surface area contributed by atoms with E-state index < -0.39 is 11.3 Å². The van der Waals surface area contributed by atoms with Gasteiger partial charge in [-0.1, -0.05) is 15.9 Å². The van der Waals surface area contributed by atoms with E-state index in [0.717, 1.165) is 35.2 Å². The van der Waals surface area contributed by atoms with Crippen LogP contribution >= 0.6 is 15.9 Å². The van der Waals surface area contributed by atoms with Crippen molar-refractivity contribution in [1.29, 1.82) is 0 Å². The number of aliphatic imine (C=N–C) groups is 1. The van der Waals surface area contributed by atoms with Gasteiger partial charge in [-0.05, 0) is 31.0 Å². The third kappa shape index (κ3) is 3.05. The van der Waals surface area contributed by atoms with Gasteiger partial charge in [-0.25, -0.2) is 4.99 Å². The fraction of sp³-hybridized carbons (Fsp3) is 0.562. The third-order valence-corrected chi connectivity index (χ3v) is 4.93. The highest BCUT2D eigenvalue weighted by atomic mass is 79.9. The molecule has 126 valence electrons. The summed E-state index contributed by atoms with van der Waals surface area (Å²) in [5.74, 6) is 1.09. The minimum Gasteiger partial charge on any atom is -0.484 e. The van der Waals surface area contributed by atoms with Crippen LogP contribution in [0, 0.1) is 0 Å². The summed E-state index contributed by atoms with van der Waals surface area (Å²) in [5.41, 5.74) is 5.48. The Balaban J connectivity index is 2.13. The van der Waals surface area contributed by atoms with E-state index in [1.54, 1.807) is 14.2 Å². The van der Waals surface area contributed by atoms with E-state index in [1.807, 2.05) is 18.2 Å². The summed E-state index contributed by atoms with van der Waals surface area (Å²) in [6.45, 7) is 1.29. The normalized spacial score (nSPS) is 30.7. The zero-order valence-corrected chi connectivity index (χ0v) is 15.0. The molecule has 7 heteroatoms. The Morgan fingerprint density at radius 1 is 1.48 bits per heavy atom. The van der Waals surface area contributed by atoms with Crippen molar-refractivity contribution in [1.82, 2.24) is 5.32 Å². The van der Waals surface area contributed by atoms with Crippen LogP contribution in [0.1, 0.15) is 24.8 Å². The SMILES string of the molecule is CN/C(N)=N\C1(OC)CC2(CCCOC2)Oc2ccc(Br)cc21. The molecule has 6 nitrogen and oxygen atoms in total. The van der Waals surface area contributed by atoms with Gasteiger partial charge in [0.2, 0.25) is 0 Å². The average molecular weight is 384 g/mol. The van der Waals surface area contributed by atoms with Gasteiger partial charge in [0, 0.05) is 37.2 Å². The molecular weight excluding hydrogens is 362 g/mol. The van der Waals surface area contributed by atoms with Gasteiger partial charge in [-0.15, -0.1) is 0 Å². The third-order valence-electron chi connectivity index (χ3n) is 4.43. The van der Waals surface area contributed by atoms with Crippen LogP contribution in [-0.2, 0) is 15.2 Å². The first-order chi connectivity index (χ1) is 11.0. The van der Waals surface area contributed by atoms with E-state index >= 15 is 0 Å². The molecule has 2 heterocycles. The van der Waals surface area contributed by atoms with E-state index in [-0.39, 0.29) is 0 Å². The molecule has 1 spiro atoms. The number of ether oxygens (including phenoxy) is 3. The topological polar surface area (TPSA) is 78.1 Å². The molecule has 0 radical (unpaired) electrons. The maximum absolute atomic E-state index is 6.33. The number of guanidine groups is 1. The molecule has 0 aliphatic carbocycles. The Labute approximate surface area is 144 Å². The van der Waals surface area contributed by atoms with Crippen molar-refractivity contribution in [2.45, 2.75) is 30.6 Å². The van der Waals surface area contributed by atoms with Gasteiger partial charge in [0.1, 0.15) is 11.4 Å². The molecular formula is C16H22BrN3O3. The number of nitrogens with two attached hydrogens (primary N) is 1. The number of hydrogen-bond donors (Lipinski definition) is 2. The zero-order chi connectivity index (χ0) is 16.5. The lowest BCUT2D eigenvalue weighted by Crippen LogP contribution is -2.53. The van der Waals surface area contributed by atoms with Crippen molar-refractivity contribution in [3.8, 4) is 5.75 Å². The molecule has 1 fully saturated rings. The summed E-state index contributed by atoms with van der Waals surface area (Å²) in [4.78, 5) is 4.64. The summed E-state index contributed by atoms with van der Waals surface area (Å²) in [5, 5.41) is 2.87. The number of nitrogens with zero attached hydrogens (tertiary/aromatic N) is 1. The molecule has 2 atom stereocenters. The molecule has 3 rings (SSSR count). The second-order valence-corrected chi connectivity index (χ2v) is 6.91. The zero-order valence-electron chi connectivity index (χ0n) is 13.4. The largest absolute Gasteiger partial charge is 0.484 e. The first kappa shape index (κ1) is 16.5. The number of hydrogen-bond acceptors (Lipinski definition) is 4. The van der Waals surface area contributed by atoms with Gasteiger partial charge in [0.15, 0.2) is 11.7 Å². The minimum absolute atomic E-state index is 0.326. The Bertz CT molecular complexity index is 617. The second kappa shape index (κ2) is 6.30. The molecule has 1 aromatic carbocycles. The van der Waals surface area contributed by atoms with Crippen LogP contribution in [0.25, 0.3) is 0 Å². The van der Waals surface area contributed by atoms with Gasteiger partial charge in [0.25, 0.3) is 0 Å². The van der Waals surface area contributed by atoms with Crippen molar-refractivity contribution < 1.29 is 14.2 Å². The van der Waals surface area contributed by atoms with Crippen LogP contribution in [0.5, 0.6) is 5.75 Å². The number of nitrogens with one attached hydrogen (secondary N) is 1. The van der Waals surface area contributed by atoms with Crippen molar-refractivity contribution >= 4 is 21.9 Å². The highest BCUT2D eigenvalue weighted by molar-refractivity contribution is 9.10. The van der Waals surface area contributed by atoms with Crippen LogP contribution in [-0.4, -0.2) is 38.9 Å². The highest BCUT2D eigenvalue weighted by Crippen LogP contribution is 2.49. The fourth-order valence-electron chi connectivity index (χ4n) is 3.32. The predicted octanol–water partition coefficient (Wildman–Crippen LogP) is 2.11. The van der Waals surface area contributed by atoms with Crippen molar-refractivity contribution in [2.24, 2.45) is 10.7 Å². The van der Waals surface area contributed by atoms with Crippen molar-refractivity contribution in [2.75, 3.05) is 27.4 Å². The van der Waals surface area contributed by atoms with Crippen LogP contribution in [0.4, 0.5) is 0 Å². The number of methoxy groups -OCH3 is 1. The van der Waals surface area contributed by atoms with Gasteiger partial charge in [-0.3, -0.25) is 0 Å². The van der Waals surface area contributed by atoms with Gasteiger partial charge >= 0.3 is 0 Å². The molecule has 0 bridgehead atoms. The Morgan fingerprint density at radius 2 is 2.30 bits per heavy atom. The quantitative estimate of drug-likeness (QED) is 0.603. The van der Waals surface area contributed by atoms with E-state index in [2.05, 4.69) is 26.2 Å². The monoisotopic (exact) mass is 383 g/mol. The molecule has 1 saturated heterocycles. The van der Waals surface area contributed by atoms with Crippen LogP contribution in [0.2, 0.25) is 0 Å². The summed E-state index contributed by atoms with van der Waals surface area (Å²) in [7, 11) is 3.39. The molecule has 0 amide bonds. The lowest BCUT2D eigenvalue weighted by atomic mass is 9.81. The molecule has 3 N–H and O–H groups in total. The maximum Gasteiger partial charge on any atom is 0.195 e. The predicted molar refractivity (Wildman–Crippen MR) is 91.5 cm³/mol. The van der Waals surface area contributed by atoms with Gasteiger partial charge in [0.05, 0.1) is 6.61 Å². The molecule has 1 aromatic rings. The Kier molecular flexibility index (Phi) is 4.53. The Morgan fingerprint density at radius 3 is 2.96 bits per heavy atom. The number of benzene rings is 1. The maximum atomic E-state index is 6.33. The lowest BCUT2D eigenvalue weighted by molar-refractivity contribution is -0.143. The van der Waals surface area contributed by atoms with Crippen LogP contribution < -0.4 is 15.8 Å². The number of rotatable bonds is 2. The smallest absolute Gasteiger partial charge is 0.195 e. The standard InChI is InChI=1S/C16H22BrN3O3/c1-19-14(18)20-16(21-2)9-15(6-3-7-22-10-15)23-13-5-4-11(17)8-12(13)16/h4-5,8H,3,6-7,9-10H2,1-2H3,(H3,18,19,20). The van der Waals surface area contributed by atoms with Crippen molar-refractivity contribution in [3.63, 3.8) is 0 Å². The Hall–Kier alpha value is -1.31. The fourth-order valence-corrected chi connectivity index (χ4v) is 3.68.